The van der Waals surface area contributed by atoms with E-state index in [1.165, 1.54) is 23.6 Å². The number of nitrogens with zero attached hydrogens (tertiary/aromatic N) is 2. The Labute approximate surface area is 184 Å². The first-order chi connectivity index (χ1) is 15.6. The Hall–Kier alpha value is -3.47. The number of nitrogens with one attached hydrogen (secondary N) is 1. The number of alkyl halides is 2. The summed E-state index contributed by atoms with van der Waals surface area (Å²) < 4.78 is 74.2. The third-order valence-electron chi connectivity index (χ3n) is 5.72. The third kappa shape index (κ3) is 3.92. The van der Waals surface area contributed by atoms with Gasteiger partial charge in [-0.15, -0.1) is 0 Å². The van der Waals surface area contributed by atoms with E-state index in [-0.39, 0.29) is 29.7 Å². The fourth-order valence-electron chi connectivity index (χ4n) is 3.93. The molecule has 4 rings (SSSR count). The molecule has 0 radical (unpaired) electrons. The van der Waals surface area contributed by atoms with Gasteiger partial charge in [0.15, 0.2) is 11.6 Å². The molecule has 1 aliphatic heterocycles. The van der Waals surface area contributed by atoms with E-state index in [4.69, 9.17) is 4.74 Å². The molecule has 0 bridgehead atoms. The smallest absolute Gasteiger partial charge is 0.322 e. The molecular formula is C22H18F5N3O3. The van der Waals surface area contributed by atoms with Gasteiger partial charge in [0.2, 0.25) is 0 Å². The molecule has 6 nitrogen and oxygen atoms in total. The Bertz CT molecular complexity index is 1330. The molecular weight excluding hydrogens is 449 g/mol. The Morgan fingerprint density at radius 2 is 1.79 bits per heavy atom. The highest BCUT2D eigenvalue weighted by Gasteiger charge is 2.32. The summed E-state index contributed by atoms with van der Waals surface area (Å²) in [6.45, 7) is -0.00734. The second-order valence-electron chi connectivity index (χ2n) is 7.65. The molecule has 33 heavy (non-hydrogen) atoms. The minimum atomic E-state index is -3.07. The van der Waals surface area contributed by atoms with E-state index >= 15 is 0 Å². The Kier molecular flexibility index (Phi) is 5.83. The van der Waals surface area contributed by atoms with E-state index in [9.17, 15) is 31.5 Å². The van der Waals surface area contributed by atoms with Crippen LogP contribution in [0.15, 0.2) is 35.1 Å². The number of urea groups is 1. The van der Waals surface area contributed by atoms with Crippen molar-refractivity contribution in [3.05, 3.63) is 75.0 Å². The molecule has 1 aliphatic rings. The van der Waals surface area contributed by atoms with Gasteiger partial charge in [-0.05, 0) is 35.7 Å². The maximum Gasteiger partial charge on any atom is 0.322 e. The first-order valence-electron chi connectivity index (χ1n) is 9.79. The van der Waals surface area contributed by atoms with Gasteiger partial charge in [-0.2, -0.15) is 0 Å². The molecule has 2 heterocycles. The second-order valence-corrected chi connectivity index (χ2v) is 7.65. The number of rotatable bonds is 3. The number of likely N-dealkylation sites (N-methyl/N-ethyl adjacent to an activating group) is 1. The highest BCUT2D eigenvalue weighted by atomic mass is 19.3. The van der Waals surface area contributed by atoms with Crippen molar-refractivity contribution in [2.45, 2.75) is 19.1 Å². The number of carbonyl (C=O) groups excluding carboxylic acids is 1. The van der Waals surface area contributed by atoms with E-state index in [2.05, 4.69) is 5.32 Å². The molecule has 1 atom stereocenters. The lowest BCUT2D eigenvalue weighted by Crippen LogP contribution is -2.40. The minimum absolute atomic E-state index is 0.0116. The Morgan fingerprint density at radius 1 is 1.12 bits per heavy atom. The Morgan fingerprint density at radius 3 is 2.45 bits per heavy atom. The van der Waals surface area contributed by atoms with Gasteiger partial charge in [0.25, 0.3) is 12.0 Å². The molecule has 0 saturated heterocycles. The van der Waals surface area contributed by atoms with Crippen LogP contribution in [0.3, 0.4) is 0 Å². The lowest BCUT2D eigenvalue weighted by Gasteiger charge is -2.34. The molecule has 2 amide bonds. The quantitative estimate of drug-likeness (QED) is 0.572. The minimum Gasteiger partial charge on any atom is -0.373 e. The number of halogens is 5. The predicted molar refractivity (Wildman–Crippen MR) is 110 cm³/mol. The number of aromatic nitrogens is 1. The zero-order valence-corrected chi connectivity index (χ0v) is 17.5. The van der Waals surface area contributed by atoms with Gasteiger partial charge >= 0.3 is 6.03 Å². The van der Waals surface area contributed by atoms with Gasteiger partial charge in [0, 0.05) is 25.3 Å². The van der Waals surface area contributed by atoms with Crippen LogP contribution in [0.2, 0.25) is 0 Å². The van der Waals surface area contributed by atoms with Crippen LogP contribution in [0.5, 0.6) is 0 Å². The average Bonchev–Trinajstić information content (AvgIpc) is 2.78. The average molecular weight is 467 g/mol. The summed E-state index contributed by atoms with van der Waals surface area (Å²) in [6.07, 6.45) is -3.07. The summed E-state index contributed by atoms with van der Waals surface area (Å²) in [6, 6.07) is 2.94. The number of ether oxygens (including phenoxy) is 1. The van der Waals surface area contributed by atoms with Crippen LogP contribution in [0.4, 0.5) is 32.4 Å². The van der Waals surface area contributed by atoms with E-state index < -0.39 is 47.1 Å². The summed E-state index contributed by atoms with van der Waals surface area (Å²) in [5.74, 6) is -3.44. The van der Waals surface area contributed by atoms with Gasteiger partial charge in [-0.1, -0.05) is 0 Å². The maximum atomic E-state index is 14.1. The zero-order chi connectivity index (χ0) is 24.0. The van der Waals surface area contributed by atoms with E-state index in [1.54, 1.807) is 0 Å². The van der Waals surface area contributed by atoms with Crippen molar-refractivity contribution >= 4 is 22.5 Å². The number of hydrogen-bond donors (Lipinski definition) is 1. The highest BCUT2D eigenvalue weighted by Crippen LogP contribution is 2.35. The molecule has 3 aromatic rings. The van der Waals surface area contributed by atoms with Crippen LogP contribution >= 0.6 is 0 Å². The van der Waals surface area contributed by atoms with Crippen LogP contribution in [-0.2, 0) is 18.4 Å². The van der Waals surface area contributed by atoms with Crippen LogP contribution in [0.1, 0.15) is 29.3 Å². The number of pyridine rings is 1. The molecule has 0 aliphatic carbocycles. The van der Waals surface area contributed by atoms with Crippen molar-refractivity contribution in [1.29, 1.82) is 0 Å². The molecule has 1 aromatic heterocycles. The van der Waals surface area contributed by atoms with E-state index in [1.807, 2.05) is 0 Å². The lowest BCUT2D eigenvalue weighted by atomic mass is 9.95. The fraction of sp³-hybridized carbons (Fsp3) is 0.273. The van der Waals surface area contributed by atoms with Crippen molar-refractivity contribution in [3.63, 3.8) is 0 Å². The topological polar surface area (TPSA) is 63.6 Å². The highest BCUT2D eigenvalue weighted by molar-refractivity contribution is 5.91. The molecule has 0 saturated carbocycles. The molecule has 0 fully saturated rings. The first kappa shape index (κ1) is 22.7. The van der Waals surface area contributed by atoms with E-state index in [0.717, 1.165) is 30.3 Å². The molecule has 174 valence electrons. The van der Waals surface area contributed by atoms with Crippen molar-refractivity contribution < 1.29 is 31.5 Å². The van der Waals surface area contributed by atoms with Gasteiger partial charge in [-0.3, -0.25) is 4.79 Å². The van der Waals surface area contributed by atoms with Crippen molar-refractivity contribution in [2.24, 2.45) is 7.05 Å². The molecule has 11 heteroatoms. The SMILES string of the molecule is CN(C(=O)Nc1ccc(F)c(C(F)F)c1)[C@H]1COCc2c1c1cc(F)c(F)cc1c(=O)n2C. The predicted octanol–water partition coefficient (Wildman–Crippen LogP) is 4.63. The number of hydrogen-bond acceptors (Lipinski definition) is 3. The molecule has 0 unspecified atom stereocenters. The zero-order valence-electron chi connectivity index (χ0n) is 17.5. The fourth-order valence-corrected chi connectivity index (χ4v) is 3.93. The van der Waals surface area contributed by atoms with Gasteiger partial charge in [0.1, 0.15) is 5.82 Å². The second kappa shape index (κ2) is 8.47. The van der Waals surface area contributed by atoms with Crippen molar-refractivity contribution in [1.82, 2.24) is 9.47 Å². The number of amides is 2. The van der Waals surface area contributed by atoms with Gasteiger partial charge in [-0.25, -0.2) is 26.7 Å². The summed E-state index contributed by atoms with van der Waals surface area (Å²) in [4.78, 5) is 26.7. The van der Waals surface area contributed by atoms with Gasteiger partial charge < -0.3 is 19.5 Å². The van der Waals surface area contributed by atoms with Crippen LogP contribution in [0.25, 0.3) is 10.8 Å². The van der Waals surface area contributed by atoms with Gasteiger partial charge in [0.05, 0.1) is 35.9 Å². The normalized spacial score (nSPS) is 15.6. The summed E-state index contributed by atoms with van der Waals surface area (Å²) in [5, 5.41) is 2.50. The van der Waals surface area contributed by atoms with Crippen molar-refractivity contribution in [3.8, 4) is 0 Å². The van der Waals surface area contributed by atoms with Crippen LogP contribution < -0.4 is 10.9 Å². The lowest BCUT2D eigenvalue weighted by molar-refractivity contribution is 0.0505. The van der Waals surface area contributed by atoms with Crippen molar-refractivity contribution in [2.75, 3.05) is 19.0 Å². The summed E-state index contributed by atoms with van der Waals surface area (Å²) in [5.41, 5.74) is -0.678. The number of anilines is 1. The molecule has 0 spiro atoms. The summed E-state index contributed by atoms with van der Waals surface area (Å²) in [7, 11) is 2.85. The standard InChI is InChI=1S/C22H18F5N3O3/c1-29-17-8-33-9-18(19(17)11-6-15(24)16(25)7-12(11)21(29)31)30(2)22(32)28-10-3-4-14(23)13(5-10)20(26)27/h3-7,18,20H,8-9H2,1-2H3,(H,28,32)/t18-/m0/s1. The number of fused-ring (bicyclic) bond motifs is 3. The monoisotopic (exact) mass is 467 g/mol. The third-order valence-corrected chi connectivity index (χ3v) is 5.72. The number of benzene rings is 2. The maximum absolute atomic E-state index is 14.1. The summed E-state index contributed by atoms with van der Waals surface area (Å²) >= 11 is 0. The first-order valence-corrected chi connectivity index (χ1v) is 9.79. The molecule has 1 N–H and O–H groups in total. The molecule has 2 aromatic carbocycles. The van der Waals surface area contributed by atoms with Crippen LogP contribution in [0, 0.1) is 17.5 Å². The largest absolute Gasteiger partial charge is 0.373 e. The number of carbonyl (C=O) groups is 1. The van der Waals surface area contributed by atoms with Crippen LogP contribution in [-0.4, -0.2) is 29.2 Å². The Balaban J connectivity index is 1.75. The van der Waals surface area contributed by atoms with E-state index in [0.29, 0.717) is 11.3 Å².